The van der Waals surface area contributed by atoms with E-state index in [9.17, 15) is 13.2 Å². The van der Waals surface area contributed by atoms with Crippen molar-refractivity contribution in [3.8, 4) is 0 Å². The molecule has 1 aromatic heterocycles. The predicted molar refractivity (Wildman–Crippen MR) is 60.1 cm³/mol. The van der Waals surface area contributed by atoms with E-state index in [4.69, 9.17) is 4.52 Å². The van der Waals surface area contributed by atoms with Gasteiger partial charge in [-0.3, -0.25) is 0 Å². The fourth-order valence-corrected chi connectivity index (χ4v) is 1.71. The molecule has 0 saturated carbocycles. The normalized spacial score (nSPS) is 15.7. The second-order valence-corrected chi connectivity index (χ2v) is 4.21. The average molecular weight is 265 g/mol. The molecular formula is C11H18F3N3O. The Bertz CT molecular complexity index is 365. The summed E-state index contributed by atoms with van der Waals surface area (Å²) < 4.78 is 41.7. The number of hydrogen-bond donors (Lipinski definition) is 1. The lowest BCUT2D eigenvalue weighted by molar-refractivity contribution is -0.146. The van der Waals surface area contributed by atoms with Gasteiger partial charge in [0, 0.05) is 6.04 Å². The van der Waals surface area contributed by atoms with Crippen LogP contribution in [0.25, 0.3) is 0 Å². The van der Waals surface area contributed by atoms with Crippen LogP contribution in [0.3, 0.4) is 0 Å². The van der Waals surface area contributed by atoms with E-state index in [-0.39, 0.29) is 17.9 Å². The molecule has 0 aliphatic heterocycles. The summed E-state index contributed by atoms with van der Waals surface area (Å²) in [5.74, 6) is -1.43. The summed E-state index contributed by atoms with van der Waals surface area (Å²) in [5.41, 5.74) is 0. The van der Waals surface area contributed by atoms with Gasteiger partial charge < -0.3 is 9.84 Å². The van der Waals surface area contributed by atoms with Crippen molar-refractivity contribution >= 4 is 0 Å². The lowest BCUT2D eigenvalue weighted by atomic mass is 9.99. The zero-order chi connectivity index (χ0) is 13.8. The summed E-state index contributed by atoms with van der Waals surface area (Å²) in [6.07, 6.45) is -2.81. The predicted octanol–water partition coefficient (Wildman–Crippen LogP) is 2.97. The van der Waals surface area contributed by atoms with Crippen molar-refractivity contribution in [2.75, 3.05) is 6.54 Å². The van der Waals surface area contributed by atoms with Gasteiger partial charge in [-0.05, 0) is 19.4 Å². The number of alkyl halides is 3. The smallest absolute Gasteiger partial charge is 0.339 e. The van der Waals surface area contributed by atoms with Gasteiger partial charge in [0.25, 0.3) is 5.82 Å². The van der Waals surface area contributed by atoms with E-state index in [2.05, 4.69) is 15.5 Å². The van der Waals surface area contributed by atoms with Crippen molar-refractivity contribution in [3.05, 3.63) is 11.7 Å². The van der Waals surface area contributed by atoms with Gasteiger partial charge in [-0.1, -0.05) is 25.9 Å². The van der Waals surface area contributed by atoms with Crippen LogP contribution in [0, 0.1) is 0 Å². The van der Waals surface area contributed by atoms with Crippen molar-refractivity contribution in [3.63, 3.8) is 0 Å². The molecule has 1 N–H and O–H groups in total. The first kappa shape index (κ1) is 14.9. The SMILES string of the molecule is CCCNC(CC)C(C)c1nc(C(F)(F)F)no1. The first-order valence-corrected chi connectivity index (χ1v) is 6.04. The second kappa shape index (κ2) is 6.17. The zero-order valence-electron chi connectivity index (χ0n) is 10.7. The fraction of sp³-hybridized carbons (Fsp3) is 0.818. The lowest BCUT2D eigenvalue weighted by Crippen LogP contribution is -2.34. The quantitative estimate of drug-likeness (QED) is 0.859. The Morgan fingerprint density at radius 2 is 2.00 bits per heavy atom. The van der Waals surface area contributed by atoms with Crippen LogP contribution in [-0.2, 0) is 6.18 Å². The number of nitrogens with zero attached hydrogens (tertiary/aromatic N) is 2. The second-order valence-electron chi connectivity index (χ2n) is 4.21. The Morgan fingerprint density at radius 3 is 2.44 bits per heavy atom. The first-order chi connectivity index (χ1) is 8.40. The van der Waals surface area contributed by atoms with Crippen molar-refractivity contribution in [1.82, 2.24) is 15.5 Å². The van der Waals surface area contributed by atoms with Crippen LogP contribution in [-0.4, -0.2) is 22.7 Å². The molecule has 1 aromatic rings. The number of aromatic nitrogens is 2. The third-order valence-corrected chi connectivity index (χ3v) is 2.78. The Hall–Kier alpha value is -1.11. The van der Waals surface area contributed by atoms with Crippen LogP contribution < -0.4 is 5.32 Å². The molecule has 2 unspecified atom stereocenters. The summed E-state index contributed by atoms with van der Waals surface area (Å²) in [6, 6.07) is 0.0338. The van der Waals surface area contributed by atoms with Gasteiger partial charge in [-0.2, -0.15) is 18.2 Å². The van der Waals surface area contributed by atoms with Crippen molar-refractivity contribution in [1.29, 1.82) is 0 Å². The van der Waals surface area contributed by atoms with Gasteiger partial charge >= 0.3 is 6.18 Å². The number of rotatable bonds is 6. The highest BCUT2D eigenvalue weighted by atomic mass is 19.4. The average Bonchev–Trinajstić information content (AvgIpc) is 2.78. The van der Waals surface area contributed by atoms with E-state index >= 15 is 0 Å². The molecule has 0 spiro atoms. The van der Waals surface area contributed by atoms with E-state index in [0.717, 1.165) is 19.4 Å². The van der Waals surface area contributed by atoms with E-state index in [1.165, 1.54) is 0 Å². The number of nitrogens with one attached hydrogen (secondary N) is 1. The third kappa shape index (κ3) is 3.69. The van der Waals surface area contributed by atoms with Gasteiger partial charge in [-0.25, -0.2) is 0 Å². The Kier molecular flexibility index (Phi) is 5.13. The molecule has 0 saturated heterocycles. The van der Waals surface area contributed by atoms with E-state index in [1.54, 1.807) is 6.92 Å². The highest BCUT2D eigenvalue weighted by Gasteiger charge is 2.38. The van der Waals surface area contributed by atoms with Gasteiger partial charge in [-0.15, -0.1) is 0 Å². The molecule has 4 nitrogen and oxygen atoms in total. The van der Waals surface area contributed by atoms with Gasteiger partial charge in [0.05, 0.1) is 5.92 Å². The molecule has 1 heterocycles. The Labute approximate surface area is 104 Å². The largest absolute Gasteiger partial charge is 0.455 e. The van der Waals surface area contributed by atoms with Gasteiger partial charge in [0.1, 0.15) is 0 Å². The molecule has 0 aromatic carbocycles. The molecule has 104 valence electrons. The maximum Gasteiger partial charge on any atom is 0.455 e. The Balaban J connectivity index is 2.76. The van der Waals surface area contributed by atoms with E-state index in [0.29, 0.717) is 0 Å². The lowest BCUT2D eigenvalue weighted by Gasteiger charge is -2.20. The van der Waals surface area contributed by atoms with Gasteiger partial charge in [0.2, 0.25) is 5.89 Å². The van der Waals surface area contributed by atoms with E-state index < -0.39 is 12.0 Å². The summed E-state index contributed by atoms with van der Waals surface area (Å²) in [5, 5.41) is 6.22. The van der Waals surface area contributed by atoms with Crippen LogP contribution in [0.1, 0.15) is 51.2 Å². The minimum Gasteiger partial charge on any atom is -0.339 e. The molecule has 0 radical (unpaired) electrons. The molecule has 1 rings (SSSR count). The minimum absolute atomic E-state index is 0.0257. The summed E-state index contributed by atoms with van der Waals surface area (Å²) in [7, 11) is 0. The number of hydrogen-bond acceptors (Lipinski definition) is 4. The maximum atomic E-state index is 12.3. The molecule has 0 aliphatic rings. The standard InChI is InChI=1S/C11H18F3N3O/c1-4-6-15-8(5-2)7(3)9-16-10(17-18-9)11(12,13)14/h7-8,15H,4-6H2,1-3H3. The van der Waals surface area contributed by atoms with Crippen molar-refractivity contribution in [2.24, 2.45) is 0 Å². The van der Waals surface area contributed by atoms with Crippen molar-refractivity contribution < 1.29 is 17.7 Å². The summed E-state index contributed by atoms with van der Waals surface area (Å²) in [4.78, 5) is 3.42. The van der Waals surface area contributed by atoms with Crippen LogP contribution in [0.2, 0.25) is 0 Å². The van der Waals surface area contributed by atoms with E-state index in [1.807, 2.05) is 13.8 Å². The molecular weight excluding hydrogens is 247 g/mol. The Morgan fingerprint density at radius 1 is 1.33 bits per heavy atom. The summed E-state index contributed by atoms with van der Waals surface area (Å²) >= 11 is 0. The molecule has 7 heteroatoms. The molecule has 2 atom stereocenters. The number of halogens is 3. The van der Waals surface area contributed by atoms with Crippen LogP contribution in [0.15, 0.2) is 4.52 Å². The highest BCUT2D eigenvalue weighted by Crippen LogP contribution is 2.28. The minimum atomic E-state index is -4.56. The monoisotopic (exact) mass is 265 g/mol. The summed E-state index contributed by atoms with van der Waals surface area (Å²) in [6.45, 7) is 6.58. The van der Waals surface area contributed by atoms with Crippen LogP contribution in [0.5, 0.6) is 0 Å². The molecule has 0 bridgehead atoms. The molecule has 0 aliphatic carbocycles. The third-order valence-electron chi connectivity index (χ3n) is 2.78. The molecule has 18 heavy (non-hydrogen) atoms. The van der Waals surface area contributed by atoms with Gasteiger partial charge in [0.15, 0.2) is 0 Å². The highest BCUT2D eigenvalue weighted by molar-refractivity contribution is 4.99. The molecule has 0 amide bonds. The topological polar surface area (TPSA) is 51.0 Å². The zero-order valence-corrected chi connectivity index (χ0v) is 10.7. The first-order valence-electron chi connectivity index (χ1n) is 6.04. The van der Waals surface area contributed by atoms with Crippen molar-refractivity contribution in [2.45, 2.75) is 51.7 Å². The fourth-order valence-electron chi connectivity index (χ4n) is 1.71. The van der Waals surface area contributed by atoms with Crippen LogP contribution >= 0.6 is 0 Å². The maximum absolute atomic E-state index is 12.3. The molecule has 0 fully saturated rings. The van der Waals surface area contributed by atoms with Crippen LogP contribution in [0.4, 0.5) is 13.2 Å².